The summed E-state index contributed by atoms with van der Waals surface area (Å²) < 4.78 is 6.95. The summed E-state index contributed by atoms with van der Waals surface area (Å²) in [5.74, 6) is 1.76. The second-order valence-corrected chi connectivity index (χ2v) is 10.3. The van der Waals surface area contributed by atoms with E-state index in [4.69, 9.17) is 4.74 Å². The van der Waals surface area contributed by atoms with Gasteiger partial charge in [0.15, 0.2) is 0 Å². The number of hydrogen-bond acceptors (Lipinski definition) is 5. The van der Waals surface area contributed by atoms with Crippen LogP contribution >= 0.6 is 0 Å². The van der Waals surface area contributed by atoms with E-state index in [-0.39, 0.29) is 23.6 Å². The van der Waals surface area contributed by atoms with E-state index in [0.717, 1.165) is 80.6 Å². The molecule has 1 saturated carbocycles. The Morgan fingerprint density at radius 1 is 0.895 bits per heavy atom. The van der Waals surface area contributed by atoms with Gasteiger partial charge in [-0.15, -0.1) is 5.10 Å². The normalized spacial score (nSPS) is 17.1. The molecule has 38 heavy (non-hydrogen) atoms. The fourth-order valence-corrected chi connectivity index (χ4v) is 5.14. The summed E-state index contributed by atoms with van der Waals surface area (Å²) in [6.45, 7) is 3.62. The number of amides is 2. The molecule has 2 aliphatic rings. The van der Waals surface area contributed by atoms with Crippen LogP contribution in [0, 0.1) is 12.8 Å². The van der Waals surface area contributed by atoms with Gasteiger partial charge in [0.25, 0.3) is 5.91 Å². The predicted molar refractivity (Wildman–Crippen MR) is 147 cm³/mol. The molecule has 3 aromatic rings. The Balaban J connectivity index is 1.44. The van der Waals surface area contributed by atoms with Gasteiger partial charge in [-0.2, -0.15) is 0 Å². The van der Waals surface area contributed by atoms with E-state index in [1.165, 1.54) is 0 Å². The lowest BCUT2D eigenvalue weighted by molar-refractivity contribution is -0.119. The van der Waals surface area contributed by atoms with Gasteiger partial charge in [0.1, 0.15) is 11.6 Å². The van der Waals surface area contributed by atoms with Gasteiger partial charge in [-0.05, 0) is 68.5 Å². The highest BCUT2D eigenvalue weighted by molar-refractivity contribution is 5.97. The fourth-order valence-electron chi connectivity index (χ4n) is 5.14. The third-order valence-electron chi connectivity index (χ3n) is 7.46. The first-order valence-corrected chi connectivity index (χ1v) is 13.8. The summed E-state index contributed by atoms with van der Waals surface area (Å²) in [5, 5.41) is 4.59. The number of aryl methyl sites for hydroxylation is 1. The molecule has 200 valence electrons. The predicted octanol–water partition coefficient (Wildman–Crippen LogP) is 5.32. The molecule has 2 aromatic carbocycles. The minimum absolute atomic E-state index is 0.144. The number of carbonyl (C=O) groups is 2. The molecule has 8 heteroatoms. The number of anilines is 1. The molecule has 5 rings (SSSR count). The number of aromatic nitrogens is 3. The Morgan fingerprint density at radius 3 is 2.29 bits per heavy atom. The van der Waals surface area contributed by atoms with Crippen LogP contribution in [0.4, 0.5) is 5.69 Å². The molecule has 0 bridgehead atoms. The molecule has 2 heterocycles. The highest BCUT2D eigenvalue weighted by Gasteiger charge is 2.35. The summed E-state index contributed by atoms with van der Waals surface area (Å²) in [7, 11) is 1.63. The average molecular weight is 516 g/mol. The Kier molecular flexibility index (Phi) is 8.05. The Hall–Kier alpha value is -3.68. The standard InChI is InChI=1S/C30H37N5O3/c1-22-31-28(32-35(22)25-15-17-26(38-2)18-16-25)30(37)33-19-9-5-3-4-6-10-20-34(29(36)23-13-14-23)27-12-8-7-11-24(27)21-33/h7-8,11-12,15-18,23H,3-6,9-10,13-14,19-21H2,1-2H3. The number of ether oxygens (including phenoxy) is 1. The van der Waals surface area contributed by atoms with Crippen molar-refractivity contribution in [3.8, 4) is 11.4 Å². The van der Waals surface area contributed by atoms with Crippen LogP contribution in [0.5, 0.6) is 5.75 Å². The number of fused-ring (bicyclic) bond motifs is 1. The van der Waals surface area contributed by atoms with Crippen molar-refractivity contribution >= 4 is 17.5 Å². The first kappa shape index (κ1) is 25.9. The number of benzene rings is 2. The topological polar surface area (TPSA) is 80.6 Å². The molecule has 0 saturated heterocycles. The van der Waals surface area contributed by atoms with Gasteiger partial charge in [-0.1, -0.05) is 43.9 Å². The van der Waals surface area contributed by atoms with Crippen molar-refractivity contribution in [2.75, 3.05) is 25.1 Å². The zero-order valence-electron chi connectivity index (χ0n) is 22.4. The largest absolute Gasteiger partial charge is 0.497 e. The van der Waals surface area contributed by atoms with E-state index in [0.29, 0.717) is 18.9 Å². The minimum atomic E-state index is -0.190. The van der Waals surface area contributed by atoms with Crippen LogP contribution in [0.3, 0.4) is 0 Å². The summed E-state index contributed by atoms with van der Waals surface area (Å²) >= 11 is 0. The number of carbonyl (C=O) groups excluding carboxylic acids is 2. The zero-order valence-corrected chi connectivity index (χ0v) is 22.4. The van der Waals surface area contributed by atoms with E-state index >= 15 is 0 Å². The summed E-state index contributed by atoms with van der Waals surface area (Å²) in [4.78, 5) is 35.5. The van der Waals surface area contributed by atoms with Gasteiger partial charge in [0.2, 0.25) is 11.7 Å². The Morgan fingerprint density at radius 2 is 1.58 bits per heavy atom. The maximum absolute atomic E-state index is 13.8. The van der Waals surface area contributed by atoms with E-state index in [9.17, 15) is 9.59 Å². The van der Waals surface area contributed by atoms with Crippen LogP contribution in [0.25, 0.3) is 5.69 Å². The molecule has 0 radical (unpaired) electrons. The molecule has 1 aromatic heterocycles. The minimum Gasteiger partial charge on any atom is -0.497 e. The maximum Gasteiger partial charge on any atom is 0.293 e. The van der Waals surface area contributed by atoms with Crippen molar-refractivity contribution in [3.63, 3.8) is 0 Å². The fraction of sp³-hybridized carbons (Fsp3) is 0.467. The first-order chi connectivity index (χ1) is 18.5. The van der Waals surface area contributed by atoms with Crippen LogP contribution in [0.2, 0.25) is 0 Å². The molecule has 1 fully saturated rings. The number of methoxy groups -OCH3 is 1. The quantitative estimate of drug-likeness (QED) is 0.470. The summed E-state index contributed by atoms with van der Waals surface area (Å²) in [6, 6.07) is 15.6. The highest BCUT2D eigenvalue weighted by Crippen LogP contribution is 2.34. The van der Waals surface area contributed by atoms with Crippen molar-refractivity contribution in [3.05, 3.63) is 65.7 Å². The first-order valence-electron chi connectivity index (χ1n) is 13.8. The molecule has 1 aliphatic carbocycles. The van der Waals surface area contributed by atoms with Gasteiger partial charge >= 0.3 is 0 Å². The van der Waals surface area contributed by atoms with Crippen molar-refractivity contribution in [1.82, 2.24) is 19.7 Å². The van der Waals surface area contributed by atoms with Crippen LogP contribution in [0.15, 0.2) is 48.5 Å². The van der Waals surface area contributed by atoms with Gasteiger partial charge in [-0.25, -0.2) is 9.67 Å². The summed E-state index contributed by atoms with van der Waals surface area (Å²) in [5.41, 5.74) is 2.73. The number of hydrogen-bond donors (Lipinski definition) is 0. The van der Waals surface area contributed by atoms with Gasteiger partial charge < -0.3 is 14.5 Å². The van der Waals surface area contributed by atoms with Crippen molar-refractivity contribution in [2.24, 2.45) is 5.92 Å². The lowest BCUT2D eigenvalue weighted by Gasteiger charge is -2.28. The zero-order chi connectivity index (χ0) is 26.5. The molecular formula is C30H37N5O3. The van der Waals surface area contributed by atoms with Gasteiger partial charge in [0, 0.05) is 31.2 Å². The molecule has 0 N–H and O–H groups in total. The summed E-state index contributed by atoms with van der Waals surface area (Å²) in [6.07, 6.45) is 8.35. The van der Waals surface area contributed by atoms with Crippen LogP contribution in [-0.2, 0) is 11.3 Å². The van der Waals surface area contributed by atoms with Crippen LogP contribution in [0.1, 0.15) is 73.4 Å². The molecule has 2 amide bonds. The van der Waals surface area contributed by atoms with E-state index < -0.39 is 0 Å². The van der Waals surface area contributed by atoms with Crippen molar-refractivity contribution < 1.29 is 14.3 Å². The third kappa shape index (κ3) is 5.90. The molecule has 8 nitrogen and oxygen atoms in total. The lowest BCUT2D eigenvalue weighted by Crippen LogP contribution is -2.36. The lowest BCUT2D eigenvalue weighted by atomic mass is 10.1. The SMILES string of the molecule is COc1ccc(-n2nc(C(=O)N3CCCCCCCCN(C(=O)C4CC4)c4ccccc4C3)nc2C)cc1. The number of nitrogens with zero attached hydrogens (tertiary/aromatic N) is 5. The van der Waals surface area contributed by atoms with Gasteiger partial charge in [0.05, 0.1) is 12.8 Å². The smallest absolute Gasteiger partial charge is 0.293 e. The monoisotopic (exact) mass is 515 g/mol. The number of para-hydroxylation sites is 1. The Labute approximate surface area is 224 Å². The molecule has 0 spiro atoms. The molecule has 0 unspecified atom stereocenters. The van der Waals surface area contributed by atoms with Crippen molar-refractivity contribution in [1.29, 1.82) is 0 Å². The highest BCUT2D eigenvalue weighted by atomic mass is 16.5. The van der Waals surface area contributed by atoms with Crippen LogP contribution < -0.4 is 9.64 Å². The molecule has 1 aliphatic heterocycles. The van der Waals surface area contributed by atoms with E-state index in [1.807, 2.05) is 65.3 Å². The second-order valence-electron chi connectivity index (χ2n) is 10.3. The van der Waals surface area contributed by atoms with E-state index in [1.54, 1.807) is 11.8 Å². The molecular weight excluding hydrogens is 478 g/mol. The van der Waals surface area contributed by atoms with Crippen LogP contribution in [-0.4, -0.2) is 51.7 Å². The van der Waals surface area contributed by atoms with E-state index in [2.05, 4.69) is 10.1 Å². The average Bonchev–Trinajstić information content (AvgIpc) is 3.72. The van der Waals surface area contributed by atoms with Gasteiger partial charge in [-0.3, -0.25) is 9.59 Å². The maximum atomic E-state index is 13.8. The Bertz CT molecular complexity index is 1270. The molecule has 0 atom stereocenters. The number of rotatable bonds is 4. The second kappa shape index (κ2) is 11.8. The third-order valence-corrected chi connectivity index (χ3v) is 7.46. The van der Waals surface area contributed by atoms with Crippen molar-refractivity contribution in [2.45, 2.75) is 64.8 Å².